The maximum Gasteiger partial charge on any atom is 0.344 e. The van der Waals surface area contributed by atoms with Crippen molar-refractivity contribution in [3.05, 3.63) is 57.3 Å². The Kier molecular flexibility index (Phi) is 6.96. The molecule has 1 fully saturated rings. The Balaban J connectivity index is 1.46. The molecule has 1 saturated heterocycles. The van der Waals surface area contributed by atoms with Gasteiger partial charge < -0.3 is 33.5 Å². The van der Waals surface area contributed by atoms with Crippen LogP contribution in [-0.4, -0.2) is 66.6 Å². The van der Waals surface area contributed by atoms with Crippen LogP contribution in [0.2, 0.25) is 0 Å². The minimum absolute atomic E-state index is 0.0273. The smallest absolute Gasteiger partial charge is 0.344 e. The highest BCUT2D eigenvalue weighted by atomic mass is 31.2. The number of fused-ring (bicyclic) bond motifs is 1. The van der Waals surface area contributed by atoms with Crippen LogP contribution in [-0.2, 0) is 39.2 Å². The van der Waals surface area contributed by atoms with E-state index in [2.05, 4.69) is 9.51 Å². The first-order valence-electron chi connectivity index (χ1n) is 10.7. The Labute approximate surface area is 202 Å². The molecule has 1 aliphatic rings. The van der Waals surface area contributed by atoms with E-state index >= 15 is 0 Å². The number of aryl methyl sites for hydroxylation is 2. The number of aliphatic hydroxyl groups excluding tert-OH is 2. The lowest BCUT2D eigenvalue weighted by atomic mass is 10.2. The highest BCUT2D eigenvalue weighted by Gasteiger charge is 2.50. The van der Waals surface area contributed by atoms with Crippen LogP contribution in [0, 0.1) is 0 Å². The summed E-state index contributed by atoms with van der Waals surface area (Å²) in [6.45, 7) is 0.303. The van der Waals surface area contributed by atoms with Crippen LogP contribution in [0.1, 0.15) is 16.6 Å². The molecule has 15 nitrogen and oxygen atoms in total. The van der Waals surface area contributed by atoms with E-state index in [0.717, 1.165) is 11.2 Å². The van der Waals surface area contributed by atoms with Crippen molar-refractivity contribution in [2.75, 3.05) is 13.3 Å². The van der Waals surface area contributed by atoms with E-state index in [1.807, 2.05) is 0 Å². The van der Waals surface area contributed by atoms with E-state index in [1.165, 1.54) is 51.6 Å². The van der Waals surface area contributed by atoms with Gasteiger partial charge in [-0.2, -0.15) is 4.57 Å². The van der Waals surface area contributed by atoms with Gasteiger partial charge in [-0.1, -0.05) is 0 Å². The summed E-state index contributed by atoms with van der Waals surface area (Å²) in [4.78, 5) is 53.3. The Morgan fingerprint density at radius 2 is 2.03 bits per heavy atom. The molecule has 4 heterocycles. The van der Waals surface area contributed by atoms with Crippen molar-refractivity contribution in [2.45, 2.75) is 31.3 Å². The average Bonchev–Trinajstić information content (AvgIpc) is 3.34. The minimum Gasteiger partial charge on any atom is -0.779 e. The van der Waals surface area contributed by atoms with Crippen molar-refractivity contribution in [3.63, 3.8) is 0 Å². The van der Waals surface area contributed by atoms with E-state index in [0.29, 0.717) is 0 Å². The molecule has 5 atom stereocenters. The van der Waals surface area contributed by atoms with Gasteiger partial charge in [0, 0.05) is 26.8 Å². The first kappa shape index (κ1) is 25.9. The molecule has 1 unspecified atom stereocenters. The standard InChI is InChI=1S/C20H24N5O10P/c1-22-10-21-15-12(22)16(28)25(20(30)23(15)2)7-8-33-18(29)11-5-4-6-24(9-11)17-13(26)14(27)19(34-17)35-36(3,31)32/h4-6,9-10,13-14,17,19,26-27H,7-8H2,1-3H3/t13-,14-,17-,19-/m1/s1. The van der Waals surface area contributed by atoms with E-state index < -0.39 is 49.5 Å². The average molecular weight is 525 g/mol. The SMILES string of the molecule is Cn1cnc2c1c(=O)n(CCOC(=O)c1ccc[n+]([C@@H]3O[C@H](OP(C)(=O)[O-])[C@H](O)[C@H]3O)c1)c(=O)n2C. The van der Waals surface area contributed by atoms with Gasteiger partial charge in [-0.3, -0.25) is 18.7 Å². The Hall–Kier alpha value is -3.20. The van der Waals surface area contributed by atoms with Gasteiger partial charge in [0.2, 0.25) is 0 Å². The molecule has 0 amide bonds. The number of ether oxygens (including phenoxy) is 2. The van der Waals surface area contributed by atoms with Crippen molar-refractivity contribution in [2.24, 2.45) is 14.1 Å². The predicted molar refractivity (Wildman–Crippen MR) is 118 cm³/mol. The molecule has 16 heteroatoms. The number of rotatable bonds is 7. The van der Waals surface area contributed by atoms with Crippen LogP contribution < -0.4 is 20.7 Å². The molecule has 0 radical (unpaired) electrons. The third kappa shape index (κ3) is 4.89. The molecule has 3 aromatic heterocycles. The summed E-state index contributed by atoms with van der Waals surface area (Å²) < 4.78 is 31.5. The van der Waals surface area contributed by atoms with Crippen LogP contribution in [0.25, 0.3) is 11.2 Å². The van der Waals surface area contributed by atoms with Crippen molar-refractivity contribution < 1.29 is 43.0 Å². The number of nitrogens with zero attached hydrogens (tertiary/aromatic N) is 5. The lowest BCUT2D eigenvalue weighted by Crippen LogP contribution is -2.46. The first-order valence-corrected chi connectivity index (χ1v) is 12.7. The number of carbonyl (C=O) groups excluding carboxylic acids is 1. The van der Waals surface area contributed by atoms with Crippen LogP contribution in [0.3, 0.4) is 0 Å². The molecule has 0 aromatic carbocycles. The highest BCUT2D eigenvalue weighted by Crippen LogP contribution is 2.39. The summed E-state index contributed by atoms with van der Waals surface area (Å²) in [7, 11) is -1.17. The third-order valence-electron chi connectivity index (χ3n) is 5.59. The zero-order valence-corrected chi connectivity index (χ0v) is 20.3. The predicted octanol–water partition coefficient (Wildman–Crippen LogP) is -2.65. The zero-order valence-electron chi connectivity index (χ0n) is 19.5. The van der Waals surface area contributed by atoms with E-state index in [-0.39, 0.29) is 29.9 Å². The lowest BCUT2D eigenvalue weighted by Gasteiger charge is -2.23. The maximum atomic E-state index is 12.7. The molecule has 36 heavy (non-hydrogen) atoms. The Morgan fingerprint density at radius 3 is 2.72 bits per heavy atom. The fourth-order valence-corrected chi connectivity index (χ4v) is 4.38. The summed E-state index contributed by atoms with van der Waals surface area (Å²) in [5.41, 5.74) is -0.694. The van der Waals surface area contributed by atoms with Gasteiger partial charge in [0.15, 0.2) is 36.0 Å². The Bertz CT molecular complexity index is 1470. The molecule has 4 rings (SSSR count). The first-order chi connectivity index (χ1) is 16.9. The van der Waals surface area contributed by atoms with Crippen LogP contribution >= 0.6 is 7.60 Å². The number of carbonyl (C=O) groups is 1. The third-order valence-corrected chi connectivity index (χ3v) is 6.18. The number of hydrogen-bond acceptors (Lipinski definition) is 11. The molecular weight excluding hydrogens is 501 g/mol. The van der Waals surface area contributed by atoms with E-state index in [4.69, 9.17) is 9.47 Å². The molecule has 1 aliphatic heterocycles. The highest BCUT2D eigenvalue weighted by molar-refractivity contribution is 7.50. The number of hydrogen-bond donors (Lipinski definition) is 2. The second-order valence-corrected chi connectivity index (χ2v) is 10.0. The van der Waals surface area contributed by atoms with Gasteiger partial charge in [0.1, 0.15) is 25.9 Å². The number of imidazole rings is 1. The second-order valence-electron chi connectivity index (χ2n) is 8.25. The van der Waals surface area contributed by atoms with Gasteiger partial charge in [0.05, 0.1) is 12.9 Å². The van der Waals surface area contributed by atoms with Crippen LogP contribution in [0.5, 0.6) is 0 Å². The quantitative estimate of drug-likeness (QED) is 0.186. The summed E-state index contributed by atoms with van der Waals surface area (Å²) in [6.07, 6.45) is -1.98. The fourth-order valence-electron chi connectivity index (χ4n) is 3.83. The monoisotopic (exact) mass is 525 g/mol. The zero-order chi connectivity index (χ0) is 26.4. The van der Waals surface area contributed by atoms with E-state index in [9.17, 15) is 34.1 Å². The molecular formula is C20H24N5O10P. The fraction of sp³-hybridized carbons (Fsp3) is 0.450. The summed E-state index contributed by atoms with van der Waals surface area (Å²) in [5.74, 6) is -0.797. The minimum atomic E-state index is -4.27. The second kappa shape index (κ2) is 9.69. The number of aliphatic hydroxyl groups is 2. The maximum absolute atomic E-state index is 12.7. The lowest BCUT2D eigenvalue weighted by molar-refractivity contribution is -0.767. The van der Waals surface area contributed by atoms with Gasteiger partial charge in [-0.25, -0.2) is 14.6 Å². The normalized spacial score (nSPS) is 23.6. The number of esters is 1. The Morgan fingerprint density at radius 1 is 1.31 bits per heavy atom. The summed E-state index contributed by atoms with van der Waals surface area (Å²) in [6, 6.07) is 2.86. The number of pyridine rings is 1. The van der Waals surface area contributed by atoms with Crippen molar-refractivity contribution >= 4 is 24.7 Å². The van der Waals surface area contributed by atoms with Crippen molar-refractivity contribution in [1.29, 1.82) is 0 Å². The molecule has 2 N–H and O–H groups in total. The van der Waals surface area contributed by atoms with Gasteiger partial charge >= 0.3 is 11.7 Å². The largest absolute Gasteiger partial charge is 0.779 e. The molecule has 0 spiro atoms. The summed E-state index contributed by atoms with van der Waals surface area (Å²) >= 11 is 0. The van der Waals surface area contributed by atoms with E-state index in [1.54, 1.807) is 7.05 Å². The van der Waals surface area contributed by atoms with Gasteiger partial charge in [0.25, 0.3) is 11.8 Å². The van der Waals surface area contributed by atoms with Gasteiger partial charge in [-0.15, -0.1) is 0 Å². The molecule has 0 saturated carbocycles. The topological polar surface area (TPSA) is 191 Å². The molecule has 0 aliphatic carbocycles. The molecule has 194 valence electrons. The van der Waals surface area contributed by atoms with Gasteiger partial charge in [-0.05, 0) is 6.07 Å². The summed E-state index contributed by atoms with van der Waals surface area (Å²) in [5, 5.41) is 20.3. The van der Waals surface area contributed by atoms with Crippen LogP contribution in [0.15, 0.2) is 40.4 Å². The molecule has 3 aromatic rings. The molecule has 0 bridgehead atoms. The number of aromatic nitrogens is 5. The van der Waals surface area contributed by atoms with Crippen molar-refractivity contribution in [1.82, 2.24) is 18.7 Å². The van der Waals surface area contributed by atoms with Crippen LogP contribution in [0.4, 0.5) is 0 Å². The van der Waals surface area contributed by atoms with Crippen molar-refractivity contribution in [3.8, 4) is 0 Å².